The molecule has 1 unspecified atom stereocenters. The monoisotopic (exact) mass is 378 g/mol. The maximum Gasteiger partial charge on any atom is 0.163 e. The Morgan fingerprint density at radius 3 is 2.81 bits per heavy atom. The number of aromatic nitrogens is 1. The maximum atomic E-state index is 13.1. The Bertz CT molecular complexity index is 1020. The molecule has 0 fully saturated rings. The minimum absolute atomic E-state index is 0.104. The molecule has 27 heavy (non-hydrogen) atoms. The largest absolute Gasteiger partial charge is 0.372 e. The molecule has 0 radical (unpaired) electrons. The number of nitrogens with one attached hydrogen (secondary N) is 2. The lowest BCUT2D eigenvalue weighted by Gasteiger charge is -2.34. The first kappa shape index (κ1) is 17.6. The van der Waals surface area contributed by atoms with Crippen molar-refractivity contribution in [1.82, 2.24) is 4.98 Å². The molecule has 0 saturated heterocycles. The number of ketones is 1. The van der Waals surface area contributed by atoms with Gasteiger partial charge in [-0.05, 0) is 35.6 Å². The normalized spacial score (nSPS) is 20.5. The molecule has 4 rings (SSSR count). The Labute approximate surface area is 163 Å². The third kappa shape index (κ3) is 3.17. The van der Waals surface area contributed by atoms with Gasteiger partial charge >= 0.3 is 0 Å². The van der Waals surface area contributed by atoms with E-state index in [1.54, 1.807) is 24.5 Å². The summed E-state index contributed by atoms with van der Waals surface area (Å²) in [5, 5.41) is 16.5. The van der Waals surface area contributed by atoms with Crippen molar-refractivity contribution in [3.8, 4) is 6.07 Å². The van der Waals surface area contributed by atoms with Crippen LogP contribution < -0.4 is 10.6 Å². The number of pyridine rings is 1. The molecule has 5 nitrogen and oxygen atoms in total. The van der Waals surface area contributed by atoms with Crippen molar-refractivity contribution in [2.24, 2.45) is 5.41 Å². The van der Waals surface area contributed by atoms with Crippen molar-refractivity contribution >= 4 is 28.8 Å². The van der Waals surface area contributed by atoms with Gasteiger partial charge in [0.1, 0.15) is 0 Å². The number of hydrogen-bond donors (Lipinski definition) is 2. The summed E-state index contributed by atoms with van der Waals surface area (Å²) in [6.07, 6.45) is 4.70. The van der Waals surface area contributed by atoms with Crippen LogP contribution in [0.25, 0.3) is 0 Å². The molecule has 0 amide bonds. The molecule has 136 valence electrons. The highest BCUT2D eigenvalue weighted by molar-refractivity contribution is 6.31. The van der Waals surface area contributed by atoms with Gasteiger partial charge in [-0.1, -0.05) is 31.5 Å². The number of nitrogens with zero attached hydrogens (tertiary/aromatic N) is 2. The van der Waals surface area contributed by atoms with Gasteiger partial charge in [-0.3, -0.25) is 9.78 Å². The number of carbonyl (C=O) groups is 1. The van der Waals surface area contributed by atoms with Crippen molar-refractivity contribution < 1.29 is 4.79 Å². The van der Waals surface area contributed by atoms with E-state index < -0.39 is 0 Å². The Balaban J connectivity index is 1.90. The van der Waals surface area contributed by atoms with E-state index in [-0.39, 0.29) is 17.2 Å². The van der Waals surface area contributed by atoms with Crippen LogP contribution in [0.2, 0.25) is 5.02 Å². The predicted molar refractivity (Wildman–Crippen MR) is 105 cm³/mol. The third-order valence-corrected chi connectivity index (χ3v) is 5.38. The molecule has 2 aromatic rings. The number of nitriles is 1. The van der Waals surface area contributed by atoms with E-state index in [2.05, 4.69) is 35.5 Å². The molecule has 1 atom stereocenters. The van der Waals surface area contributed by atoms with Crippen LogP contribution in [0.15, 0.2) is 47.9 Å². The molecule has 6 heteroatoms. The van der Waals surface area contributed by atoms with Crippen molar-refractivity contribution in [2.45, 2.75) is 32.7 Å². The predicted octanol–water partition coefficient (Wildman–Crippen LogP) is 4.83. The van der Waals surface area contributed by atoms with Gasteiger partial charge in [-0.2, -0.15) is 5.26 Å². The molecule has 1 aliphatic carbocycles. The van der Waals surface area contributed by atoms with Gasteiger partial charge < -0.3 is 10.6 Å². The van der Waals surface area contributed by atoms with Crippen LogP contribution in [0.5, 0.6) is 0 Å². The van der Waals surface area contributed by atoms with Gasteiger partial charge in [-0.15, -0.1) is 0 Å². The number of allylic oxidation sites excluding steroid dienone is 1. The summed E-state index contributed by atoms with van der Waals surface area (Å²) in [6.45, 7) is 4.20. The fourth-order valence-electron chi connectivity index (χ4n) is 3.86. The summed E-state index contributed by atoms with van der Waals surface area (Å²) in [5.74, 6) is 0.104. The number of carbonyl (C=O) groups excluding carboxylic acids is 1. The Morgan fingerprint density at radius 1 is 1.26 bits per heavy atom. The highest BCUT2D eigenvalue weighted by Crippen LogP contribution is 2.46. The summed E-state index contributed by atoms with van der Waals surface area (Å²) in [6, 6.07) is 8.78. The fraction of sp³-hybridized carbons (Fsp3) is 0.286. The van der Waals surface area contributed by atoms with E-state index in [1.807, 2.05) is 12.1 Å². The smallest absolute Gasteiger partial charge is 0.163 e. The fourth-order valence-corrected chi connectivity index (χ4v) is 4.15. The number of anilines is 2. The highest BCUT2D eigenvalue weighted by Gasteiger charge is 2.39. The number of rotatable bonds is 1. The second-order valence-corrected chi connectivity index (χ2v) is 8.21. The van der Waals surface area contributed by atoms with Crippen molar-refractivity contribution in [1.29, 1.82) is 5.26 Å². The Kier molecular flexibility index (Phi) is 4.16. The van der Waals surface area contributed by atoms with Gasteiger partial charge in [0.15, 0.2) is 5.78 Å². The van der Waals surface area contributed by atoms with E-state index in [1.165, 1.54) is 0 Å². The van der Waals surface area contributed by atoms with Crippen LogP contribution in [0.3, 0.4) is 0 Å². The van der Waals surface area contributed by atoms with Crippen LogP contribution in [0.4, 0.5) is 11.4 Å². The van der Waals surface area contributed by atoms with Crippen LogP contribution >= 0.6 is 11.6 Å². The molecule has 1 aromatic heterocycles. The average molecular weight is 379 g/mol. The molecule has 2 aliphatic rings. The molecule has 2 N–H and O–H groups in total. The average Bonchev–Trinajstić information content (AvgIpc) is 2.76. The van der Waals surface area contributed by atoms with E-state index in [9.17, 15) is 4.79 Å². The lowest BCUT2D eigenvalue weighted by Crippen LogP contribution is -2.31. The first-order valence-electron chi connectivity index (χ1n) is 8.81. The van der Waals surface area contributed by atoms with E-state index in [0.29, 0.717) is 22.6 Å². The summed E-state index contributed by atoms with van der Waals surface area (Å²) in [5.41, 5.74) is 4.46. The molecule has 0 bridgehead atoms. The third-order valence-electron chi connectivity index (χ3n) is 5.06. The standard InChI is InChI=1S/C21H19ClN4O/c1-21(2)8-16-19(18(27)9-21)20(13-4-3-12(10-23)7-14(13)22)26-15-5-6-24-11-17(15)25-16/h3-7,11,20,25-26H,8-9H2,1-2H3. The molecule has 0 saturated carbocycles. The number of hydrogen-bond acceptors (Lipinski definition) is 5. The number of fused-ring (bicyclic) bond motifs is 1. The van der Waals surface area contributed by atoms with E-state index >= 15 is 0 Å². The van der Waals surface area contributed by atoms with Crippen molar-refractivity contribution in [3.63, 3.8) is 0 Å². The lowest BCUT2D eigenvalue weighted by molar-refractivity contribution is -0.118. The Hall–Kier alpha value is -2.84. The summed E-state index contributed by atoms with van der Waals surface area (Å²) in [4.78, 5) is 17.3. The molecular formula is C21H19ClN4O. The molecule has 2 heterocycles. The van der Waals surface area contributed by atoms with Crippen LogP contribution in [-0.2, 0) is 4.79 Å². The van der Waals surface area contributed by atoms with Gasteiger partial charge in [0.25, 0.3) is 0 Å². The van der Waals surface area contributed by atoms with E-state index in [4.69, 9.17) is 16.9 Å². The number of benzene rings is 1. The van der Waals surface area contributed by atoms with Gasteiger partial charge in [0, 0.05) is 28.9 Å². The summed E-state index contributed by atoms with van der Waals surface area (Å²) in [7, 11) is 0. The van der Waals surface area contributed by atoms with Crippen molar-refractivity contribution in [2.75, 3.05) is 10.6 Å². The molecule has 0 spiro atoms. The molecule has 1 aliphatic heterocycles. The van der Waals surface area contributed by atoms with E-state index in [0.717, 1.165) is 29.1 Å². The highest BCUT2D eigenvalue weighted by atomic mass is 35.5. The van der Waals surface area contributed by atoms with Crippen LogP contribution in [0, 0.1) is 16.7 Å². The lowest BCUT2D eigenvalue weighted by atomic mass is 9.73. The van der Waals surface area contributed by atoms with Gasteiger partial charge in [0.05, 0.1) is 35.2 Å². The maximum absolute atomic E-state index is 13.1. The van der Waals surface area contributed by atoms with Gasteiger partial charge in [0.2, 0.25) is 0 Å². The zero-order valence-corrected chi connectivity index (χ0v) is 15.9. The second-order valence-electron chi connectivity index (χ2n) is 7.80. The number of halogens is 1. The topological polar surface area (TPSA) is 77.8 Å². The number of Topliss-reactive ketones (excluding diaryl/α,β-unsaturated/α-hetero) is 1. The zero-order valence-electron chi connectivity index (χ0n) is 15.1. The zero-order chi connectivity index (χ0) is 19.2. The van der Waals surface area contributed by atoms with Crippen LogP contribution in [0.1, 0.15) is 43.9 Å². The minimum Gasteiger partial charge on any atom is -0.372 e. The summed E-state index contributed by atoms with van der Waals surface area (Å²) < 4.78 is 0. The molecule has 1 aromatic carbocycles. The van der Waals surface area contributed by atoms with Gasteiger partial charge in [-0.25, -0.2) is 0 Å². The first-order valence-corrected chi connectivity index (χ1v) is 9.19. The second kappa shape index (κ2) is 6.40. The molecular weight excluding hydrogens is 360 g/mol. The first-order chi connectivity index (χ1) is 12.9. The van der Waals surface area contributed by atoms with Crippen LogP contribution in [-0.4, -0.2) is 10.8 Å². The van der Waals surface area contributed by atoms with Crippen molar-refractivity contribution in [3.05, 3.63) is 64.1 Å². The summed E-state index contributed by atoms with van der Waals surface area (Å²) >= 11 is 6.50. The quantitative estimate of drug-likeness (QED) is 0.743. The SMILES string of the molecule is CC1(C)CC(=O)C2=C(C1)Nc1cnccc1NC2c1ccc(C#N)cc1Cl. The minimum atomic E-state index is -0.389. The Morgan fingerprint density at radius 2 is 2.07 bits per heavy atom.